The Kier molecular flexibility index (Phi) is 1.47. The second-order valence-electron chi connectivity index (χ2n) is 1.50. The zero-order valence-electron chi connectivity index (χ0n) is 3.83. The summed E-state index contributed by atoms with van der Waals surface area (Å²) in [4.78, 5) is 0. The molecule has 0 radical (unpaired) electrons. The van der Waals surface area contributed by atoms with E-state index in [2.05, 4.69) is 10.6 Å². The minimum absolute atomic E-state index is 1.25. The molecule has 2 fully saturated rings. The molecule has 6 heavy (non-hydrogen) atoms. The summed E-state index contributed by atoms with van der Waals surface area (Å²) < 4.78 is 0. The molecule has 0 bridgehead atoms. The first-order valence-corrected chi connectivity index (χ1v) is 2.41. The van der Waals surface area contributed by atoms with Gasteiger partial charge in [-0.3, -0.25) is 0 Å². The quantitative estimate of drug-likeness (QED) is 0.378. The molecule has 2 aliphatic heterocycles. The van der Waals surface area contributed by atoms with Gasteiger partial charge in [-0.2, -0.15) is 0 Å². The van der Waals surface area contributed by atoms with Crippen LogP contribution in [0.25, 0.3) is 0 Å². The molecule has 0 amide bonds. The summed E-state index contributed by atoms with van der Waals surface area (Å²) in [5, 5.41) is 6.00. The van der Waals surface area contributed by atoms with E-state index < -0.39 is 0 Å². The average Bonchev–Trinajstić information content (AvgIpc) is 2.31. The minimum atomic E-state index is 1.25. The van der Waals surface area contributed by atoms with Gasteiger partial charge in [-0.15, -0.1) is 0 Å². The predicted octanol–water partition coefficient (Wildman–Crippen LogP) is -0.821. The Balaban J connectivity index is 0.0000000600. The summed E-state index contributed by atoms with van der Waals surface area (Å²) in [7, 11) is 0. The largest absolute Gasteiger partial charge is 0.314 e. The van der Waals surface area contributed by atoms with E-state index in [1.54, 1.807) is 0 Å². The third-order valence-corrected chi connectivity index (χ3v) is 0.500. The zero-order chi connectivity index (χ0) is 4.24. The van der Waals surface area contributed by atoms with Crippen molar-refractivity contribution in [3.05, 3.63) is 0 Å². The summed E-state index contributed by atoms with van der Waals surface area (Å²) >= 11 is 0. The van der Waals surface area contributed by atoms with Gasteiger partial charge in [-0.05, 0) is 0 Å². The summed E-state index contributed by atoms with van der Waals surface area (Å²) in [5.74, 6) is 0. The van der Waals surface area contributed by atoms with E-state index in [0.717, 1.165) is 0 Å². The predicted molar refractivity (Wildman–Crippen MR) is 25.7 cm³/mol. The van der Waals surface area contributed by atoms with Crippen molar-refractivity contribution in [1.82, 2.24) is 10.6 Å². The van der Waals surface area contributed by atoms with Crippen molar-refractivity contribution in [3.63, 3.8) is 0 Å². The number of hydrogen-bond donors (Lipinski definition) is 2. The van der Waals surface area contributed by atoms with Crippen LogP contribution < -0.4 is 10.6 Å². The molecule has 0 aliphatic carbocycles. The Bertz CT molecular complexity index is 21.0. The van der Waals surface area contributed by atoms with E-state index in [-0.39, 0.29) is 0 Å². The van der Waals surface area contributed by atoms with Gasteiger partial charge in [0.05, 0.1) is 0 Å². The molecule has 0 spiro atoms. The van der Waals surface area contributed by atoms with E-state index in [0.29, 0.717) is 0 Å². The van der Waals surface area contributed by atoms with E-state index in [1.165, 1.54) is 26.2 Å². The molecular formula is C4H10N2. The van der Waals surface area contributed by atoms with Gasteiger partial charge in [0.1, 0.15) is 0 Å². The van der Waals surface area contributed by atoms with Gasteiger partial charge in [0.15, 0.2) is 0 Å². The molecule has 0 atom stereocenters. The van der Waals surface area contributed by atoms with Crippen LogP contribution >= 0.6 is 0 Å². The summed E-state index contributed by atoms with van der Waals surface area (Å²) in [6.07, 6.45) is 0. The van der Waals surface area contributed by atoms with Crippen LogP contribution in [0.1, 0.15) is 0 Å². The first-order chi connectivity index (χ1) is 3.00. The van der Waals surface area contributed by atoms with Gasteiger partial charge in [0, 0.05) is 26.2 Å². The van der Waals surface area contributed by atoms with Gasteiger partial charge < -0.3 is 10.6 Å². The second-order valence-corrected chi connectivity index (χ2v) is 1.50. The Morgan fingerprint density at radius 1 is 0.667 bits per heavy atom. The highest BCUT2D eigenvalue weighted by Crippen LogP contribution is 1.65. The van der Waals surface area contributed by atoms with E-state index >= 15 is 0 Å². The van der Waals surface area contributed by atoms with Crippen LogP contribution in [0, 0.1) is 0 Å². The SMILES string of the molecule is C1CN1.C1CN1. The Morgan fingerprint density at radius 2 is 0.833 bits per heavy atom. The maximum Gasteiger partial charge on any atom is 0.00772 e. The van der Waals surface area contributed by atoms with Crippen LogP contribution in [-0.4, -0.2) is 26.2 Å². The van der Waals surface area contributed by atoms with Crippen LogP contribution in [0.4, 0.5) is 0 Å². The normalized spacial score (nSPS) is 24.0. The van der Waals surface area contributed by atoms with E-state index in [1.807, 2.05) is 0 Å². The van der Waals surface area contributed by atoms with Crippen molar-refractivity contribution in [1.29, 1.82) is 0 Å². The molecule has 2 heterocycles. The smallest absolute Gasteiger partial charge is 0.00772 e. The summed E-state index contributed by atoms with van der Waals surface area (Å²) in [6.45, 7) is 5.00. The fourth-order valence-electron chi connectivity index (χ4n) is 0. The molecule has 2 saturated heterocycles. The lowest BCUT2D eigenvalue weighted by molar-refractivity contribution is 1.34. The maximum atomic E-state index is 3.00. The number of hydrogen-bond acceptors (Lipinski definition) is 2. The first-order valence-electron chi connectivity index (χ1n) is 2.41. The molecule has 0 aromatic rings. The molecule has 0 unspecified atom stereocenters. The van der Waals surface area contributed by atoms with Crippen LogP contribution in [0.2, 0.25) is 0 Å². The molecule has 0 aromatic heterocycles. The molecule has 2 nitrogen and oxygen atoms in total. The first kappa shape index (κ1) is 4.09. The van der Waals surface area contributed by atoms with Crippen molar-refractivity contribution in [2.75, 3.05) is 26.2 Å². The van der Waals surface area contributed by atoms with Crippen molar-refractivity contribution in [3.8, 4) is 0 Å². The van der Waals surface area contributed by atoms with Gasteiger partial charge in [0.25, 0.3) is 0 Å². The molecule has 0 saturated carbocycles. The van der Waals surface area contributed by atoms with Crippen molar-refractivity contribution < 1.29 is 0 Å². The lowest BCUT2D eigenvalue weighted by Gasteiger charge is -1.21. The molecular weight excluding hydrogens is 76.1 g/mol. The summed E-state index contributed by atoms with van der Waals surface area (Å²) in [5.41, 5.74) is 0. The third-order valence-electron chi connectivity index (χ3n) is 0.500. The van der Waals surface area contributed by atoms with E-state index in [4.69, 9.17) is 0 Å². The zero-order valence-corrected chi connectivity index (χ0v) is 3.83. The van der Waals surface area contributed by atoms with E-state index in [9.17, 15) is 0 Å². The molecule has 2 heteroatoms. The molecule has 0 aromatic carbocycles. The highest BCUT2D eigenvalue weighted by atomic mass is 15.0. The topological polar surface area (TPSA) is 43.9 Å². The Labute approximate surface area is 37.9 Å². The fraction of sp³-hybridized carbons (Fsp3) is 1.00. The van der Waals surface area contributed by atoms with Crippen molar-refractivity contribution >= 4 is 0 Å². The lowest BCUT2D eigenvalue weighted by Crippen LogP contribution is -1.56. The van der Waals surface area contributed by atoms with Gasteiger partial charge in [-0.1, -0.05) is 0 Å². The third kappa shape index (κ3) is 9.07. The monoisotopic (exact) mass is 86.1 g/mol. The van der Waals surface area contributed by atoms with Gasteiger partial charge >= 0.3 is 0 Å². The lowest BCUT2D eigenvalue weighted by atomic mass is 11.0. The van der Waals surface area contributed by atoms with Crippen LogP contribution in [0.5, 0.6) is 0 Å². The van der Waals surface area contributed by atoms with Crippen LogP contribution in [0.15, 0.2) is 0 Å². The second kappa shape index (κ2) is 2.16. The Morgan fingerprint density at radius 3 is 0.833 bits per heavy atom. The van der Waals surface area contributed by atoms with Gasteiger partial charge in [-0.25, -0.2) is 0 Å². The minimum Gasteiger partial charge on any atom is -0.314 e. The van der Waals surface area contributed by atoms with Crippen molar-refractivity contribution in [2.24, 2.45) is 0 Å². The highest BCUT2D eigenvalue weighted by molar-refractivity contribution is 4.59. The molecule has 2 aliphatic rings. The standard InChI is InChI=1S/2C2H5N/c2*1-2-3-1/h2*3H,1-2H2. The van der Waals surface area contributed by atoms with Crippen LogP contribution in [-0.2, 0) is 0 Å². The Hall–Kier alpha value is -0.0800. The molecule has 36 valence electrons. The number of rotatable bonds is 0. The van der Waals surface area contributed by atoms with Crippen molar-refractivity contribution in [2.45, 2.75) is 0 Å². The molecule has 2 rings (SSSR count). The van der Waals surface area contributed by atoms with Crippen LogP contribution in [0.3, 0.4) is 0 Å². The maximum absolute atomic E-state index is 3.00. The fourth-order valence-corrected chi connectivity index (χ4v) is 0. The average molecular weight is 86.1 g/mol. The molecule has 2 N–H and O–H groups in total. The highest BCUT2D eigenvalue weighted by Gasteiger charge is 1.91. The summed E-state index contributed by atoms with van der Waals surface area (Å²) in [6, 6.07) is 0. The number of nitrogens with one attached hydrogen (secondary N) is 2. The van der Waals surface area contributed by atoms with Gasteiger partial charge in [0.2, 0.25) is 0 Å².